The van der Waals surface area contributed by atoms with Gasteiger partial charge in [-0.3, -0.25) is 10.2 Å². The maximum absolute atomic E-state index is 12.9. The third-order valence-electron chi connectivity index (χ3n) is 5.88. The first-order valence-electron chi connectivity index (χ1n) is 11.1. The van der Waals surface area contributed by atoms with E-state index in [1.54, 1.807) is 4.90 Å². The van der Waals surface area contributed by atoms with Gasteiger partial charge in [0.15, 0.2) is 11.4 Å². The Morgan fingerprint density at radius 2 is 1.65 bits per heavy atom. The summed E-state index contributed by atoms with van der Waals surface area (Å²) in [6.45, 7) is 2.60. The van der Waals surface area contributed by atoms with E-state index in [2.05, 4.69) is 39.3 Å². The zero-order valence-corrected chi connectivity index (χ0v) is 19.2. The van der Waals surface area contributed by atoms with E-state index >= 15 is 0 Å². The number of hydrogen-bond donors (Lipinski definition) is 1. The molecule has 170 valence electrons. The molecule has 0 bridgehead atoms. The number of carbonyl (C=O) groups excluding carboxylic acids is 1. The van der Waals surface area contributed by atoms with Gasteiger partial charge in [-0.15, -0.1) is 0 Å². The number of carbonyl (C=O) groups is 1. The lowest BCUT2D eigenvalue weighted by atomic mass is 10.0. The summed E-state index contributed by atoms with van der Waals surface area (Å²) >= 11 is 6.00. The SMILES string of the molecule is O=C(Nc1noc2ccccc12)N1CCN(C(C#Cc2ccc(Cl)cc2)c2ccccc2)CC1. The van der Waals surface area contributed by atoms with Crippen LogP contribution in [0.15, 0.2) is 83.4 Å². The molecule has 1 N–H and O–H groups in total. The Labute approximate surface area is 203 Å². The predicted molar refractivity (Wildman–Crippen MR) is 134 cm³/mol. The van der Waals surface area contributed by atoms with Crippen LogP contribution < -0.4 is 5.32 Å². The van der Waals surface area contributed by atoms with Crippen LogP contribution in [0.2, 0.25) is 5.02 Å². The van der Waals surface area contributed by atoms with Crippen LogP contribution in [0, 0.1) is 11.8 Å². The zero-order valence-electron chi connectivity index (χ0n) is 18.4. The van der Waals surface area contributed by atoms with E-state index in [1.807, 2.05) is 66.7 Å². The monoisotopic (exact) mass is 470 g/mol. The van der Waals surface area contributed by atoms with Gasteiger partial charge in [0, 0.05) is 36.8 Å². The average Bonchev–Trinajstić information content (AvgIpc) is 3.29. The Hall–Kier alpha value is -3.79. The van der Waals surface area contributed by atoms with Gasteiger partial charge in [-0.25, -0.2) is 4.79 Å². The van der Waals surface area contributed by atoms with E-state index in [0.29, 0.717) is 42.6 Å². The number of anilines is 1. The topological polar surface area (TPSA) is 61.6 Å². The van der Waals surface area contributed by atoms with E-state index < -0.39 is 0 Å². The van der Waals surface area contributed by atoms with Crippen molar-refractivity contribution >= 4 is 34.4 Å². The zero-order chi connectivity index (χ0) is 23.3. The van der Waals surface area contributed by atoms with Crippen molar-refractivity contribution in [3.05, 3.63) is 95.0 Å². The molecule has 0 radical (unpaired) electrons. The number of nitrogens with zero attached hydrogens (tertiary/aromatic N) is 3. The van der Waals surface area contributed by atoms with E-state index in [1.165, 1.54) is 0 Å². The molecule has 1 aliphatic heterocycles. The molecule has 7 heteroatoms. The Morgan fingerprint density at radius 3 is 2.41 bits per heavy atom. The lowest BCUT2D eigenvalue weighted by molar-refractivity contribution is 0.131. The summed E-state index contributed by atoms with van der Waals surface area (Å²) in [6, 6.07) is 25.0. The molecule has 1 aromatic heterocycles. The van der Waals surface area contributed by atoms with Crippen molar-refractivity contribution in [2.24, 2.45) is 0 Å². The summed E-state index contributed by atoms with van der Waals surface area (Å²) in [6.07, 6.45) is 0. The van der Waals surface area contributed by atoms with Crippen molar-refractivity contribution in [2.75, 3.05) is 31.5 Å². The molecule has 4 aromatic rings. The summed E-state index contributed by atoms with van der Waals surface area (Å²) in [5, 5.41) is 8.37. The second kappa shape index (κ2) is 10.0. The molecule has 1 aliphatic rings. The van der Waals surface area contributed by atoms with E-state index in [9.17, 15) is 4.79 Å². The highest BCUT2D eigenvalue weighted by Gasteiger charge is 2.27. The number of fused-ring (bicyclic) bond motifs is 1. The second-order valence-corrected chi connectivity index (χ2v) is 8.51. The molecule has 6 nitrogen and oxygen atoms in total. The lowest BCUT2D eigenvalue weighted by Crippen LogP contribution is -2.50. The van der Waals surface area contributed by atoms with Crippen LogP contribution in [-0.2, 0) is 0 Å². The Bertz CT molecular complexity index is 1330. The first-order valence-corrected chi connectivity index (χ1v) is 11.5. The fraction of sp³-hybridized carbons (Fsp3) is 0.185. The van der Waals surface area contributed by atoms with Crippen molar-refractivity contribution in [1.29, 1.82) is 0 Å². The number of hydrogen-bond acceptors (Lipinski definition) is 4. The molecule has 0 spiro atoms. The van der Waals surface area contributed by atoms with Gasteiger partial charge >= 0.3 is 6.03 Å². The summed E-state index contributed by atoms with van der Waals surface area (Å²) in [5.41, 5.74) is 2.70. The van der Waals surface area contributed by atoms with Gasteiger partial charge in [0.2, 0.25) is 0 Å². The third kappa shape index (κ3) is 4.91. The fourth-order valence-electron chi connectivity index (χ4n) is 4.05. The highest BCUT2D eigenvalue weighted by atomic mass is 35.5. The Balaban J connectivity index is 1.28. The molecule has 1 fully saturated rings. The summed E-state index contributed by atoms with van der Waals surface area (Å²) in [7, 11) is 0. The maximum Gasteiger partial charge on any atom is 0.323 e. The highest BCUT2D eigenvalue weighted by Crippen LogP contribution is 2.24. The largest absolute Gasteiger partial charge is 0.354 e. The van der Waals surface area contributed by atoms with Crippen molar-refractivity contribution < 1.29 is 9.32 Å². The van der Waals surface area contributed by atoms with Gasteiger partial charge in [-0.1, -0.05) is 71.1 Å². The van der Waals surface area contributed by atoms with Crippen LogP contribution in [0.5, 0.6) is 0 Å². The van der Waals surface area contributed by atoms with Crippen molar-refractivity contribution in [1.82, 2.24) is 15.0 Å². The van der Waals surface area contributed by atoms with E-state index in [4.69, 9.17) is 16.1 Å². The quantitative estimate of drug-likeness (QED) is 0.406. The minimum atomic E-state index is -0.179. The number of benzene rings is 3. The van der Waals surface area contributed by atoms with Gasteiger partial charge in [-0.05, 0) is 42.0 Å². The Morgan fingerprint density at radius 1 is 0.941 bits per heavy atom. The molecule has 34 heavy (non-hydrogen) atoms. The first-order chi connectivity index (χ1) is 16.7. The number of urea groups is 1. The van der Waals surface area contributed by atoms with Gasteiger partial charge in [-0.2, -0.15) is 0 Å². The van der Waals surface area contributed by atoms with Crippen molar-refractivity contribution in [3.63, 3.8) is 0 Å². The lowest BCUT2D eigenvalue weighted by Gasteiger charge is -2.37. The number of nitrogens with one attached hydrogen (secondary N) is 1. The first kappa shape index (κ1) is 22.0. The fourth-order valence-corrected chi connectivity index (χ4v) is 4.17. The summed E-state index contributed by atoms with van der Waals surface area (Å²) in [5.74, 6) is 7.16. The smallest absolute Gasteiger partial charge is 0.323 e. The molecule has 2 heterocycles. The minimum Gasteiger partial charge on any atom is -0.354 e. The third-order valence-corrected chi connectivity index (χ3v) is 6.13. The molecule has 2 amide bonds. The van der Waals surface area contributed by atoms with Crippen molar-refractivity contribution in [3.8, 4) is 11.8 Å². The van der Waals surface area contributed by atoms with Gasteiger partial charge in [0.05, 0.1) is 11.4 Å². The van der Waals surface area contributed by atoms with Gasteiger partial charge in [0.25, 0.3) is 0 Å². The molecule has 0 saturated carbocycles. The normalized spacial score (nSPS) is 14.9. The number of aromatic nitrogens is 1. The predicted octanol–water partition coefficient (Wildman–Crippen LogP) is 5.42. The van der Waals surface area contributed by atoms with Crippen LogP contribution in [0.3, 0.4) is 0 Å². The van der Waals surface area contributed by atoms with Crippen LogP contribution in [0.1, 0.15) is 17.2 Å². The number of para-hydroxylation sites is 1. The molecular formula is C27H23ClN4O2. The van der Waals surface area contributed by atoms with Crippen LogP contribution in [0.25, 0.3) is 11.0 Å². The van der Waals surface area contributed by atoms with E-state index in [-0.39, 0.29) is 12.1 Å². The molecule has 3 aromatic carbocycles. The molecule has 0 aliphatic carbocycles. The minimum absolute atomic E-state index is 0.0680. The molecule has 1 unspecified atom stereocenters. The molecule has 1 saturated heterocycles. The van der Waals surface area contributed by atoms with Gasteiger partial charge < -0.3 is 9.42 Å². The average molecular weight is 471 g/mol. The van der Waals surface area contributed by atoms with E-state index in [0.717, 1.165) is 16.5 Å². The summed E-state index contributed by atoms with van der Waals surface area (Å²) < 4.78 is 5.29. The molecule has 1 atom stereocenters. The van der Waals surface area contributed by atoms with Crippen molar-refractivity contribution in [2.45, 2.75) is 6.04 Å². The Kier molecular flexibility index (Phi) is 6.48. The van der Waals surface area contributed by atoms with Crippen LogP contribution in [-0.4, -0.2) is 47.2 Å². The molecule has 5 rings (SSSR count). The number of piperazine rings is 1. The number of rotatable bonds is 3. The molecular weight excluding hydrogens is 448 g/mol. The second-order valence-electron chi connectivity index (χ2n) is 8.07. The van der Waals surface area contributed by atoms with Gasteiger partial charge in [0.1, 0.15) is 0 Å². The summed E-state index contributed by atoms with van der Waals surface area (Å²) in [4.78, 5) is 17.0. The number of amides is 2. The van der Waals surface area contributed by atoms with Crippen LogP contribution >= 0.6 is 11.6 Å². The highest BCUT2D eigenvalue weighted by molar-refractivity contribution is 6.30. The maximum atomic E-state index is 12.9. The van der Waals surface area contributed by atoms with Crippen LogP contribution in [0.4, 0.5) is 10.6 Å². The standard InChI is InChI=1S/C27H23ClN4O2/c28-22-13-10-20(11-14-22)12-15-24(21-6-2-1-3-7-21)31-16-18-32(19-17-31)27(33)29-26-23-8-4-5-9-25(23)34-30-26/h1-11,13-14,24H,16-19H2,(H,29,30,33). The number of halogens is 1.